The Morgan fingerprint density at radius 2 is 2.13 bits per heavy atom. The van der Waals surface area contributed by atoms with E-state index in [4.69, 9.17) is 17.3 Å². The average Bonchev–Trinajstić information content (AvgIpc) is 2.19. The predicted molar refractivity (Wildman–Crippen MR) is 62.0 cm³/mol. The fraction of sp³-hybridized carbons (Fsp3) is 0.273. The second kappa shape index (κ2) is 4.13. The van der Waals surface area contributed by atoms with Crippen molar-refractivity contribution in [3.05, 3.63) is 34.7 Å². The fourth-order valence-corrected chi connectivity index (χ4v) is 1.79. The first-order chi connectivity index (χ1) is 7.20. The second-order valence-corrected chi connectivity index (χ2v) is 3.85. The first-order valence-electron chi connectivity index (χ1n) is 4.83. The smallest absolute Gasteiger partial charge is 0.126 e. The van der Waals surface area contributed by atoms with Crippen LogP contribution in [0, 0.1) is 6.92 Å². The molecule has 0 unspecified atom stereocenters. The maximum atomic E-state index is 5.94. The Hall–Kier alpha value is -1.19. The summed E-state index contributed by atoms with van der Waals surface area (Å²) in [5.41, 5.74) is 7.45. The summed E-state index contributed by atoms with van der Waals surface area (Å²) in [5.74, 6) is 0.772. The molecule has 0 saturated heterocycles. The van der Waals surface area contributed by atoms with E-state index in [9.17, 15) is 0 Å². The zero-order chi connectivity index (χ0) is 10.8. The maximum absolute atomic E-state index is 5.94. The summed E-state index contributed by atoms with van der Waals surface area (Å²) >= 11 is 5.94. The molecule has 3 nitrogen and oxygen atoms in total. The van der Waals surface area contributed by atoms with Gasteiger partial charge in [0, 0.05) is 16.8 Å². The third-order valence-corrected chi connectivity index (χ3v) is 2.46. The number of hydrogen-bond donors (Lipinski definition) is 1. The standard InChI is InChI=1S/C11H12ClN3/c1-7-14-10-3-2-8(12)6-9(10)11(15-7)4-5-13/h2-3,6H,4-5,13H2,1H3. The van der Waals surface area contributed by atoms with Crippen molar-refractivity contribution in [2.45, 2.75) is 13.3 Å². The molecular formula is C11H12ClN3. The molecule has 0 aliphatic carbocycles. The summed E-state index contributed by atoms with van der Waals surface area (Å²) in [6, 6.07) is 5.64. The zero-order valence-corrected chi connectivity index (χ0v) is 9.25. The van der Waals surface area contributed by atoms with Crippen LogP contribution in [0.15, 0.2) is 18.2 Å². The van der Waals surface area contributed by atoms with Gasteiger partial charge in [-0.05, 0) is 31.7 Å². The molecule has 1 aromatic carbocycles. The number of fused-ring (bicyclic) bond motifs is 1. The summed E-state index contributed by atoms with van der Waals surface area (Å²) in [7, 11) is 0. The Balaban J connectivity index is 2.70. The van der Waals surface area contributed by atoms with E-state index in [0.717, 1.165) is 28.8 Å². The van der Waals surface area contributed by atoms with Crippen molar-refractivity contribution in [2.24, 2.45) is 5.73 Å². The lowest BCUT2D eigenvalue weighted by Gasteiger charge is -2.05. The SMILES string of the molecule is Cc1nc(CCN)c2cc(Cl)ccc2n1. The van der Waals surface area contributed by atoms with Crippen LogP contribution < -0.4 is 5.73 Å². The van der Waals surface area contributed by atoms with Crippen LogP contribution in [0.1, 0.15) is 11.5 Å². The first kappa shape index (κ1) is 10.3. The van der Waals surface area contributed by atoms with Crippen LogP contribution in [0.2, 0.25) is 5.02 Å². The molecule has 0 aliphatic rings. The zero-order valence-electron chi connectivity index (χ0n) is 8.50. The highest BCUT2D eigenvalue weighted by molar-refractivity contribution is 6.31. The number of hydrogen-bond acceptors (Lipinski definition) is 3. The number of aryl methyl sites for hydroxylation is 1. The van der Waals surface area contributed by atoms with Gasteiger partial charge in [-0.2, -0.15) is 0 Å². The molecule has 2 aromatic rings. The number of aromatic nitrogens is 2. The first-order valence-corrected chi connectivity index (χ1v) is 5.21. The second-order valence-electron chi connectivity index (χ2n) is 3.42. The Labute approximate surface area is 93.3 Å². The molecule has 1 heterocycles. The van der Waals surface area contributed by atoms with Gasteiger partial charge in [0.2, 0.25) is 0 Å². The van der Waals surface area contributed by atoms with Gasteiger partial charge in [0.1, 0.15) is 5.82 Å². The van der Waals surface area contributed by atoms with Gasteiger partial charge in [-0.1, -0.05) is 11.6 Å². The van der Waals surface area contributed by atoms with Crippen molar-refractivity contribution in [1.29, 1.82) is 0 Å². The normalized spacial score (nSPS) is 10.9. The van der Waals surface area contributed by atoms with E-state index in [0.29, 0.717) is 11.6 Å². The van der Waals surface area contributed by atoms with Gasteiger partial charge in [0.05, 0.1) is 11.2 Å². The van der Waals surface area contributed by atoms with Gasteiger partial charge < -0.3 is 5.73 Å². The van der Waals surface area contributed by atoms with E-state index in [2.05, 4.69) is 9.97 Å². The highest BCUT2D eigenvalue weighted by Crippen LogP contribution is 2.20. The van der Waals surface area contributed by atoms with Crippen LogP contribution in [-0.2, 0) is 6.42 Å². The van der Waals surface area contributed by atoms with Crippen molar-refractivity contribution in [3.63, 3.8) is 0 Å². The van der Waals surface area contributed by atoms with Crippen LogP contribution in [0.25, 0.3) is 10.9 Å². The number of benzene rings is 1. The monoisotopic (exact) mass is 221 g/mol. The lowest BCUT2D eigenvalue weighted by Crippen LogP contribution is -2.06. The molecule has 0 saturated carbocycles. The lowest BCUT2D eigenvalue weighted by molar-refractivity contribution is 0.908. The number of rotatable bonds is 2. The Bertz CT molecular complexity index is 496. The van der Waals surface area contributed by atoms with Gasteiger partial charge in [-0.15, -0.1) is 0 Å². The molecule has 15 heavy (non-hydrogen) atoms. The molecule has 0 radical (unpaired) electrons. The quantitative estimate of drug-likeness (QED) is 0.845. The molecule has 2 rings (SSSR count). The summed E-state index contributed by atoms with van der Waals surface area (Å²) in [4.78, 5) is 8.73. The van der Waals surface area contributed by atoms with Crippen LogP contribution in [0.3, 0.4) is 0 Å². The third kappa shape index (κ3) is 2.08. The van der Waals surface area contributed by atoms with Crippen molar-refractivity contribution >= 4 is 22.5 Å². The molecule has 0 spiro atoms. The van der Waals surface area contributed by atoms with E-state index < -0.39 is 0 Å². The Kier molecular flexibility index (Phi) is 2.84. The highest BCUT2D eigenvalue weighted by atomic mass is 35.5. The van der Waals surface area contributed by atoms with Crippen LogP contribution in [-0.4, -0.2) is 16.5 Å². The highest BCUT2D eigenvalue weighted by Gasteiger charge is 2.05. The molecule has 0 amide bonds. The van der Waals surface area contributed by atoms with Gasteiger partial charge >= 0.3 is 0 Å². The summed E-state index contributed by atoms with van der Waals surface area (Å²) in [6.45, 7) is 2.46. The van der Waals surface area contributed by atoms with E-state index >= 15 is 0 Å². The minimum atomic E-state index is 0.581. The van der Waals surface area contributed by atoms with Crippen LogP contribution in [0.4, 0.5) is 0 Å². The van der Waals surface area contributed by atoms with Crippen molar-refractivity contribution in [2.75, 3.05) is 6.54 Å². The fourth-order valence-electron chi connectivity index (χ4n) is 1.62. The molecule has 0 fully saturated rings. The van der Waals surface area contributed by atoms with Gasteiger partial charge in [0.25, 0.3) is 0 Å². The van der Waals surface area contributed by atoms with Gasteiger partial charge in [-0.25, -0.2) is 9.97 Å². The largest absolute Gasteiger partial charge is 0.330 e. The molecular weight excluding hydrogens is 210 g/mol. The van der Waals surface area contributed by atoms with E-state index in [-0.39, 0.29) is 0 Å². The topological polar surface area (TPSA) is 51.8 Å². The molecule has 0 atom stereocenters. The minimum Gasteiger partial charge on any atom is -0.330 e. The van der Waals surface area contributed by atoms with Crippen LogP contribution >= 0.6 is 11.6 Å². The molecule has 78 valence electrons. The van der Waals surface area contributed by atoms with Crippen molar-refractivity contribution in [1.82, 2.24) is 9.97 Å². The van der Waals surface area contributed by atoms with Gasteiger partial charge in [-0.3, -0.25) is 0 Å². The minimum absolute atomic E-state index is 0.581. The molecule has 0 bridgehead atoms. The molecule has 1 aromatic heterocycles. The Morgan fingerprint density at radius 3 is 2.87 bits per heavy atom. The van der Waals surface area contributed by atoms with Gasteiger partial charge in [0.15, 0.2) is 0 Å². The maximum Gasteiger partial charge on any atom is 0.126 e. The van der Waals surface area contributed by atoms with Crippen LogP contribution in [0.5, 0.6) is 0 Å². The molecule has 2 N–H and O–H groups in total. The number of nitrogens with zero attached hydrogens (tertiary/aromatic N) is 2. The third-order valence-electron chi connectivity index (χ3n) is 2.23. The summed E-state index contributed by atoms with van der Waals surface area (Å²) < 4.78 is 0. The van der Waals surface area contributed by atoms with Crippen molar-refractivity contribution < 1.29 is 0 Å². The number of nitrogens with two attached hydrogens (primary N) is 1. The molecule has 0 aliphatic heterocycles. The number of halogens is 1. The average molecular weight is 222 g/mol. The Morgan fingerprint density at radius 1 is 1.33 bits per heavy atom. The van der Waals surface area contributed by atoms with Crippen molar-refractivity contribution in [3.8, 4) is 0 Å². The molecule has 4 heteroatoms. The van der Waals surface area contributed by atoms with E-state index in [1.54, 1.807) is 0 Å². The summed E-state index contributed by atoms with van der Waals surface area (Å²) in [6.07, 6.45) is 0.750. The lowest BCUT2D eigenvalue weighted by atomic mass is 10.1. The summed E-state index contributed by atoms with van der Waals surface area (Å²) in [5, 5.41) is 1.70. The van der Waals surface area contributed by atoms with E-state index in [1.165, 1.54) is 0 Å². The van der Waals surface area contributed by atoms with E-state index in [1.807, 2.05) is 25.1 Å². The predicted octanol–water partition coefficient (Wildman–Crippen LogP) is 2.09.